The number of carbonyl (C=O) groups is 3. The lowest BCUT2D eigenvalue weighted by Gasteiger charge is -2.18. The van der Waals surface area contributed by atoms with Crippen LogP contribution in [0.15, 0.2) is 78.9 Å². The topological polar surface area (TPSA) is 84.5 Å². The summed E-state index contributed by atoms with van der Waals surface area (Å²) in [5.41, 5.74) is 3.64. The van der Waals surface area contributed by atoms with E-state index in [1.54, 1.807) is 60.7 Å². The highest BCUT2D eigenvalue weighted by molar-refractivity contribution is 5.96. The van der Waals surface area contributed by atoms with Crippen LogP contribution in [0.1, 0.15) is 29.7 Å². The van der Waals surface area contributed by atoms with Gasteiger partial charge < -0.3 is 15.4 Å². The van der Waals surface area contributed by atoms with E-state index in [1.165, 1.54) is 6.92 Å². The molecule has 0 aliphatic heterocycles. The van der Waals surface area contributed by atoms with E-state index in [-0.39, 0.29) is 12.3 Å². The van der Waals surface area contributed by atoms with Crippen molar-refractivity contribution < 1.29 is 19.1 Å². The van der Waals surface area contributed by atoms with E-state index in [0.717, 1.165) is 5.56 Å². The lowest BCUT2D eigenvalue weighted by molar-refractivity contribution is -0.154. The summed E-state index contributed by atoms with van der Waals surface area (Å²) in [4.78, 5) is 36.6. The fourth-order valence-electron chi connectivity index (χ4n) is 2.99. The van der Waals surface area contributed by atoms with Gasteiger partial charge >= 0.3 is 5.97 Å². The van der Waals surface area contributed by atoms with E-state index < -0.39 is 18.0 Å². The minimum atomic E-state index is -1.08. The second-order valence-electron chi connectivity index (χ2n) is 7.19. The molecule has 0 heterocycles. The number of hydrogen-bond acceptors (Lipinski definition) is 4. The second-order valence-corrected chi connectivity index (χ2v) is 7.19. The normalized spacial score (nSPS) is 11.3. The number of benzene rings is 3. The zero-order valence-electron chi connectivity index (χ0n) is 17.4. The second kappa shape index (κ2) is 10.2. The molecule has 2 amide bonds. The molecular weight excluding hydrogens is 392 g/mol. The van der Waals surface area contributed by atoms with Crippen molar-refractivity contribution in [3.8, 4) is 0 Å². The number of rotatable bonds is 7. The number of aryl methyl sites for hydroxylation is 1. The van der Waals surface area contributed by atoms with Crippen molar-refractivity contribution in [1.82, 2.24) is 0 Å². The summed E-state index contributed by atoms with van der Waals surface area (Å²) in [6, 6.07) is 23.2. The lowest BCUT2D eigenvalue weighted by Crippen LogP contribution is -2.26. The van der Waals surface area contributed by atoms with Gasteiger partial charge in [0.1, 0.15) is 0 Å². The molecule has 0 bridgehead atoms. The molecule has 0 radical (unpaired) electrons. The molecule has 158 valence electrons. The fraction of sp³-hybridized carbons (Fsp3) is 0.160. The molecule has 3 aromatic rings. The smallest absolute Gasteiger partial charge is 0.311 e. The van der Waals surface area contributed by atoms with Crippen LogP contribution in [0.4, 0.5) is 11.4 Å². The highest BCUT2D eigenvalue weighted by atomic mass is 16.5. The minimum Gasteiger partial charge on any atom is -0.447 e. The van der Waals surface area contributed by atoms with Crippen LogP contribution in [-0.4, -0.2) is 17.8 Å². The van der Waals surface area contributed by atoms with Crippen LogP contribution in [0, 0.1) is 6.92 Å². The van der Waals surface area contributed by atoms with E-state index in [9.17, 15) is 14.4 Å². The summed E-state index contributed by atoms with van der Waals surface area (Å²) < 4.78 is 5.57. The molecule has 3 aromatic carbocycles. The quantitative estimate of drug-likeness (QED) is 0.559. The predicted molar refractivity (Wildman–Crippen MR) is 120 cm³/mol. The highest BCUT2D eigenvalue weighted by Gasteiger charge is 2.25. The first-order valence-electron chi connectivity index (χ1n) is 9.89. The Morgan fingerprint density at radius 1 is 0.806 bits per heavy atom. The maximum Gasteiger partial charge on any atom is 0.311 e. The molecule has 0 aliphatic carbocycles. The van der Waals surface area contributed by atoms with Crippen LogP contribution in [0.5, 0.6) is 0 Å². The van der Waals surface area contributed by atoms with Gasteiger partial charge in [-0.25, -0.2) is 0 Å². The largest absolute Gasteiger partial charge is 0.447 e. The third kappa shape index (κ3) is 6.54. The van der Waals surface area contributed by atoms with Gasteiger partial charge in [0.05, 0.1) is 6.42 Å². The van der Waals surface area contributed by atoms with E-state index in [2.05, 4.69) is 10.6 Å². The number of nitrogens with one attached hydrogen (secondary N) is 2. The molecule has 0 aliphatic rings. The van der Waals surface area contributed by atoms with Crippen molar-refractivity contribution in [2.45, 2.75) is 26.4 Å². The van der Waals surface area contributed by atoms with Gasteiger partial charge in [-0.15, -0.1) is 0 Å². The Balaban J connectivity index is 1.70. The van der Waals surface area contributed by atoms with Crippen molar-refractivity contribution in [3.63, 3.8) is 0 Å². The molecule has 31 heavy (non-hydrogen) atoms. The fourth-order valence-corrected chi connectivity index (χ4v) is 2.99. The van der Waals surface area contributed by atoms with Crippen LogP contribution in [0.25, 0.3) is 0 Å². The number of amides is 2. The third-order valence-corrected chi connectivity index (χ3v) is 4.53. The third-order valence-electron chi connectivity index (χ3n) is 4.53. The van der Waals surface area contributed by atoms with Crippen LogP contribution >= 0.6 is 0 Å². The van der Waals surface area contributed by atoms with Crippen LogP contribution in [-0.2, 0) is 25.5 Å². The molecule has 0 aromatic heterocycles. The zero-order chi connectivity index (χ0) is 22.2. The SMILES string of the molecule is CC(=O)Nc1ccc(CC(=O)O[C@@H](C(=O)Nc2ccc(C)cc2)c2ccccc2)cc1. The standard InChI is InChI=1S/C25H24N2O4/c1-17-8-12-22(13-9-17)27-25(30)24(20-6-4-3-5-7-20)31-23(29)16-19-10-14-21(15-11-19)26-18(2)28/h3-15,24H,16H2,1-2H3,(H,26,28)(H,27,30)/t24-/m1/s1. The Labute approximate surface area is 181 Å². The van der Waals surface area contributed by atoms with Crippen LogP contribution in [0.3, 0.4) is 0 Å². The zero-order valence-corrected chi connectivity index (χ0v) is 17.4. The molecular formula is C25H24N2O4. The van der Waals surface area contributed by atoms with E-state index in [4.69, 9.17) is 4.74 Å². The molecule has 1 atom stereocenters. The van der Waals surface area contributed by atoms with E-state index in [0.29, 0.717) is 22.5 Å². The molecule has 0 unspecified atom stereocenters. The first kappa shape index (κ1) is 21.8. The number of ether oxygens (including phenoxy) is 1. The molecule has 6 nitrogen and oxygen atoms in total. The van der Waals surface area contributed by atoms with Crippen molar-refractivity contribution >= 4 is 29.2 Å². The molecule has 3 rings (SSSR count). The summed E-state index contributed by atoms with van der Waals surface area (Å²) in [6.07, 6.45) is -1.07. The van der Waals surface area contributed by atoms with Gasteiger partial charge in [0.2, 0.25) is 12.0 Å². The van der Waals surface area contributed by atoms with Gasteiger partial charge in [0.25, 0.3) is 5.91 Å². The average Bonchev–Trinajstić information content (AvgIpc) is 2.75. The number of esters is 1. The van der Waals surface area contributed by atoms with Gasteiger partial charge in [-0.1, -0.05) is 60.2 Å². The lowest BCUT2D eigenvalue weighted by atomic mass is 10.1. The van der Waals surface area contributed by atoms with Gasteiger partial charge in [-0.2, -0.15) is 0 Å². The monoisotopic (exact) mass is 416 g/mol. The number of carbonyl (C=O) groups excluding carboxylic acids is 3. The summed E-state index contributed by atoms with van der Waals surface area (Å²) >= 11 is 0. The Bertz CT molecular complexity index is 1050. The van der Waals surface area contributed by atoms with Crippen LogP contribution in [0.2, 0.25) is 0 Å². The van der Waals surface area contributed by atoms with E-state index >= 15 is 0 Å². The summed E-state index contributed by atoms with van der Waals surface area (Å²) in [5.74, 6) is -1.12. The highest BCUT2D eigenvalue weighted by Crippen LogP contribution is 2.21. The Morgan fingerprint density at radius 3 is 2.00 bits per heavy atom. The minimum absolute atomic E-state index is 0.00148. The number of hydrogen-bond donors (Lipinski definition) is 2. The maximum absolute atomic E-state index is 12.9. The predicted octanol–water partition coefficient (Wildman–Crippen LogP) is 4.42. The number of anilines is 2. The molecule has 2 N–H and O–H groups in total. The Morgan fingerprint density at radius 2 is 1.39 bits per heavy atom. The Kier molecular flexibility index (Phi) is 7.17. The molecule has 0 saturated heterocycles. The first-order valence-corrected chi connectivity index (χ1v) is 9.89. The van der Waals surface area contributed by atoms with Crippen molar-refractivity contribution in [1.29, 1.82) is 0 Å². The molecule has 0 spiro atoms. The van der Waals surface area contributed by atoms with Crippen molar-refractivity contribution in [2.24, 2.45) is 0 Å². The van der Waals surface area contributed by atoms with Crippen molar-refractivity contribution in [3.05, 3.63) is 95.6 Å². The van der Waals surface area contributed by atoms with E-state index in [1.807, 2.05) is 25.1 Å². The summed E-state index contributed by atoms with van der Waals surface area (Å²) in [6.45, 7) is 3.39. The van der Waals surface area contributed by atoms with Gasteiger partial charge in [0.15, 0.2) is 0 Å². The molecule has 0 saturated carbocycles. The molecule has 6 heteroatoms. The maximum atomic E-state index is 12.9. The molecule has 0 fully saturated rings. The van der Waals surface area contributed by atoms with Crippen molar-refractivity contribution in [2.75, 3.05) is 10.6 Å². The Hall–Kier alpha value is -3.93. The average molecular weight is 416 g/mol. The van der Waals surface area contributed by atoms with Gasteiger partial charge in [0, 0.05) is 23.9 Å². The van der Waals surface area contributed by atoms with Gasteiger partial charge in [-0.05, 0) is 36.8 Å². The first-order chi connectivity index (χ1) is 14.9. The van der Waals surface area contributed by atoms with Crippen LogP contribution < -0.4 is 10.6 Å². The summed E-state index contributed by atoms with van der Waals surface area (Å²) in [7, 11) is 0. The van der Waals surface area contributed by atoms with Gasteiger partial charge in [-0.3, -0.25) is 14.4 Å². The summed E-state index contributed by atoms with van der Waals surface area (Å²) in [5, 5.41) is 5.48.